The number of hydrogen-bond acceptors (Lipinski definition) is 6. The van der Waals surface area contributed by atoms with E-state index in [-0.39, 0.29) is 47.2 Å². The molecule has 0 saturated carbocycles. The van der Waals surface area contributed by atoms with Crippen LogP contribution in [0.25, 0.3) is 0 Å². The van der Waals surface area contributed by atoms with Crippen molar-refractivity contribution in [3.63, 3.8) is 0 Å². The normalized spacial score (nSPS) is 23.0. The molecule has 202 valence electrons. The maximum atomic E-state index is 13.4. The van der Waals surface area contributed by atoms with Gasteiger partial charge in [-0.05, 0) is 49.1 Å². The van der Waals surface area contributed by atoms with E-state index in [2.05, 4.69) is 5.32 Å². The molecule has 2 aromatic rings. The zero-order valence-corrected chi connectivity index (χ0v) is 21.1. The summed E-state index contributed by atoms with van der Waals surface area (Å²) in [5.41, 5.74) is 0.155. The van der Waals surface area contributed by atoms with Crippen LogP contribution in [0.1, 0.15) is 51.1 Å². The fourth-order valence-corrected chi connectivity index (χ4v) is 7.06. The number of amides is 3. The molecule has 5 rings (SSSR count). The number of nitrogens with zero attached hydrogens (tertiary/aromatic N) is 2. The number of rotatable bonds is 5. The maximum absolute atomic E-state index is 13.4. The number of anilines is 1. The average molecular weight is 550 g/mol. The van der Waals surface area contributed by atoms with Crippen LogP contribution in [0.4, 0.5) is 18.9 Å². The number of alkyl halides is 3. The molecule has 2 saturated heterocycles. The molecule has 1 N–H and O–H groups in total. The summed E-state index contributed by atoms with van der Waals surface area (Å²) in [5.74, 6) is -1.86. The summed E-state index contributed by atoms with van der Waals surface area (Å²) in [4.78, 5) is 42.2. The lowest BCUT2D eigenvalue weighted by Gasteiger charge is -2.35. The third-order valence-electron chi connectivity index (χ3n) is 7.28. The summed E-state index contributed by atoms with van der Waals surface area (Å²) in [6.45, 7) is 0.537. The molecule has 8 nitrogen and oxygen atoms in total. The van der Waals surface area contributed by atoms with Gasteiger partial charge in [-0.2, -0.15) is 13.2 Å². The van der Waals surface area contributed by atoms with E-state index in [1.165, 1.54) is 18.2 Å². The number of nitrogens with one attached hydrogen (secondary N) is 1. The molecule has 3 amide bonds. The average Bonchev–Trinajstić information content (AvgIpc) is 3.34. The second-order valence-corrected chi connectivity index (χ2v) is 12.2. The van der Waals surface area contributed by atoms with Crippen LogP contribution in [0.3, 0.4) is 0 Å². The molecular weight excluding hydrogens is 523 g/mol. The van der Waals surface area contributed by atoms with Crippen LogP contribution in [0, 0.1) is 5.92 Å². The molecule has 0 aromatic heterocycles. The van der Waals surface area contributed by atoms with E-state index in [9.17, 15) is 36.0 Å². The Morgan fingerprint density at radius 3 is 2.53 bits per heavy atom. The third kappa shape index (κ3) is 5.13. The number of carbonyl (C=O) groups is 3. The van der Waals surface area contributed by atoms with Gasteiger partial charge >= 0.3 is 6.18 Å². The van der Waals surface area contributed by atoms with Gasteiger partial charge in [0.25, 0.3) is 11.8 Å². The van der Waals surface area contributed by atoms with Crippen molar-refractivity contribution in [2.75, 3.05) is 29.5 Å². The van der Waals surface area contributed by atoms with Crippen LogP contribution in [-0.2, 0) is 27.4 Å². The number of sulfone groups is 1. The Kier molecular flexibility index (Phi) is 6.70. The Morgan fingerprint density at radius 2 is 1.82 bits per heavy atom. The number of imide groups is 1. The Hall–Kier alpha value is -3.41. The van der Waals surface area contributed by atoms with Crippen LogP contribution in [0.15, 0.2) is 42.5 Å². The van der Waals surface area contributed by atoms with Gasteiger partial charge in [0.2, 0.25) is 5.91 Å². The van der Waals surface area contributed by atoms with Crippen molar-refractivity contribution in [1.29, 1.82) is 0 Å². The Balaban J connectivity index is 1.33. The van der Waals surface area contributed by atoms with Gasteiger partial charge in [-0.3, -0.25) is 19.3 Å². The van der Waals surface area contributed by atoms with E-state index in [0.29, 0.717) is 31.5 Å². The summed E-state index contributed by atoms with van der Waals surface area (Å²) in [6.07, 6.45) is -2.91. The SMILES string of the molecule is O=C(N[C@H]1CCS(=O)(=O)C1)[C@@H]1CCCN(c2cccc3c2C(=O)N(Cc2cccc(C(F)(F)F)c2)C3=O)C1. The minimum Gasteiger partial charge on any atom is -0.370 e. The van der Waals surface area contributed by atoms with Gasteiger partial charge in [0.1, 0.15) is 0 Å². The van der Waals surface area contributed by atoms with Gasteiger partial charge in [-0.15, -0.1) is 0 Å². The zero-order chi connectivity index (χ0) is 27.2. The third-order valence-corrected chi connectivity index (χ3v) is 9.05. The van der Waals surface area contributed by atoms with E-state index in [4.69, 9.17) is 0 Å². The largest absolute Gasteiger partial charge is 0.416 e. The zero-order valence-electron chi connectivity index (χ0n) is 20.3. The van der Waals surface area contributed by atoms with Gasteiger partial charge in [-0.1, -0.05) is 18.2 Å². The first-order chi connectivity index (χ1) is 17.9. The van der Waals surface area contributed by atoms with Gasteiger partial charge < -0.3 is 10.2 Å². The highest BCUT2D eigenvalue weighted by Gasteiger charge is 2.40. The predicted octanol–water partition coefficient (Wildman–Crippen LogP) is 3.02. The molecule has 3 aliphatic heterocycles. The highest BCUT2D eigenvalue weighted by atomic mass is 32.2. The van der Waals surface area contributed by atoms with Crippen LogP contribution in [-0.4, -0.2) is 61.7 Å². The van der Waals surface area contributed by atoms with Gasteiger partial charge in [0.05, 0.1) is 46.3 Å². The maximum Gasteiger partial charge on any atom is 0.416 e. The first-order valence-electron chi connectivity index (χ1n) is 12.3. The van der Waals surface area contributed by atoms with Gasteiger partial charge in [-0.25, -0.2) is 8.42 Å². The van der Waals surface area contributed by atoms with Gasteiger partial charge in [0.15, 0.2) is 9.84 Å². The molecule has 2 fully saturated rings. The van der Waals surface area contributed by atoms with Gasteiger partial charge in [0, 0.05) is 19.1 Å². The molecular formula is C26H26F3N3O5S. The molecule has 2 atom stereocenters. The highest BCUT2D eigenvalue weighted by molar-refractivity contribution is 7.91. The fourth-order valence-electron chi connectivity index (χ4n) is 5.39. The van der Waals surface area contributed by atoms with E-state index < -0.39 is 45.4 Å². The summed E-state index contributed by atoms with van der Waals surface area (Å²) in [5, 5.41) is 2.84. The molecule has 12 heteroatoms. The highest BCUT2D eigenvalue weighted by Crippen LogP contribution is 2.35. The molecule has 0 bridgehead atoms. The number of benzene rings is 2. The summed E-state index contributed by atoms with van der Waals surface area (Å²) >= 11 is 0. The second-order valence-electron chi connectivity index (χ2n) is 9.99. The van der Waals surface area contributed by atoms with E-state index in [1.807, 2.05) is 4.90 Å². The monoisotopic (exact) mass is 549 g/mol. The number of fused-ring (bicyclic) bond motifs is 1. The van der Waals surface area contributed by atoms with Crippen LogP contribution >= 0.6 is 0 Å². The quantitative estimate of drug-likeness (QED) is 0.576. The van der Waals surface area contributed by atoms with Crippen molar-refractivity contribution in [1.82, 2.24) is 10.2 Å². The number of halogens is 3. The van der Waals surface area contributed by atoms with Crippen LogP contribution in [0.2, 0.25) is 0 Å². The molecule has 3 heterocycles. The number of piperidine rings is 1. The lowest BCUT2D eigenvalue weighted by atomic mass is 9.95. The molecule has 0 aliphatic carbocycles. The first kappa shape index (κ1) is 26.2. The Bertz CT molecular complexity index is 1410. The van der Waals surface area contributed by atoms with Crippen molar-refractivity contribution in [2.24, 2.45) is 5.92 Å². The fraction of sp³-hybridized carbons (Fsp3) is 0.423. The minimum atomic E-state index is -4.55. The molecule has 0 radical (unpaired) electrons. The van der Waals surface area contributed by atoms with Crippen molar-refractivity contribution in [3.05, 3.63) is 64.7 Å². The van der Waals surface area contributed by atoms with Crippen molar-refractivity contribution < 1.29 is 36.0 Å². The molecule has 0 spiro atoms. The summed E-state index contributed by atoms with van der Waals surface area (Å²) in [7, 11) is -3.14. The van der Waals surface area contributed by atoms with Crippen LogP contribution < -0.4 is 10.2 Å². The first-order valence-corrected chi connectivity index (χ1v) is 14.2. The second kappa shape index (κ2) is 9.72. The number of hydrogen-bond donors (Lipinski definition) is 1. The van der Waals surface area contributed by atoms with Crippen molar-refractivity contribution in [2.45, 2.75) is 38.0 Å². The minimum absolute atomic E-state index is 0.0536. The Labute approximate surface area is 217 Å². The molecule has 3 aliphatic rings. The number of carbonyl (C=O) groups excluding carboxylic acids is 3. The summed E-state index contributed by atoms with van der Waals surface area (Å²) < 4.78 is 62.9. The van der Waals surface area contributed by atoms with E-state index in [0.717, 1.165) is 17.0 Å². The predicted molar refractivity (Wildman–Crippen MR) is 132 cm³/mol. The molecule has 38 heavy (non-hydrogen) atoms. The molecule has 0 unspecified atom stereocenters. The van der Waals surface area contributed by atoms with Crippen LogP contribution in [0.5, 0.6) is 0 Å². The lowest BCUT2D eigenvalue weighted by Crippen LogP contribution is -2.46. The Morgan fingerprint density at radius 1 is 1.05 bits per heavy atom. The van der Waals surface area contributed by atoms with E-state index >= 15 is 0 Å². The summed E-state index contributed by atoms with van der Waals surface area (Å²) in [6, 6.07) is 8.96. The van der Waals surface area contributed by atoms with Crippen molar-refractivity contribution >= 4 is 33.2 Å². The van der Waals surface area contributed by atoms with E-state index in [1.54, 1.807) is 12.1 Å². The lowest BCUT2D eigenvalue weighted by molar-refractivity contribution is -0.137. The standard InChI is InChI=1S/C26H26F3N3O5S/c27-26(28,29)18-6-1-4-16(12-18)13-32-24(34)20-7-2-8-21(22(20)25(32)35)31-10-3-5-17(14-31)23(33)30-19-9-11-38(36,37)15-19/h1-2,4,6-8,12,17,19H,3,5,9-11,13-15H2,(H,30,33)/t17-,19+/m1/s1. The van der Waals surface area contributed by atoms with Crippen molar-refractivity contribution in [3.8, 4) is 0 Å². The smallest absolute Gasteiger partial charge is 0.370 e. The molecule has 2 aromatic carbocycles. The topological polar surface area (TPSA) is 104 Å².